The number of benzene rings is 2. The molecule has 2 N–H and O–H groups in total. The van der Waals surface area contributed by atoms with Gasteiger partial charge in [0.05, 0.1) is 0 Å². The SMILES string of the molecule is Cc1cc(=O)n(-c2ccc(Br)cc2F)nc1C(=O)Nc1ccc(Oc2ccnc(C(=O)NCCc3cccs3)c2)cc1. The summed E-state index contributed by atoms with van der Waals surface area (Å²) in [6.07, 6.45) is 2.23. The number of carbonyl (C=O) groups is 2. The Morgan fingerprint density at radius 3 is 2.57 bits per heavy atom. The van der Waals surface area contributed by atoms with E-state index < -0.39 is 17.3 Å². The third-order valence-corrected chi connectivity index (χ3v) is 7.45. The predicted molar refractivity (Wildman–Crippen MR) is 161 cm³/mol. The smallest absolute Gasteiger partial charge is 0.276 e. The molecule has 0 aliphatic rings. The minimum atomic E-state index is -0.666. The Hall–Kier alpha value is -4.68. The van der Waals surface area contributed by atoms with Crippen LogP contribution in [-0.2, 0) is 6.42 Å². The third-order valence-electron chi connectivity index (χ3n) is 6.02. The van der Waals surface area contributed by atoms with Gasteiger partial charge in [-0.1, -0.05) is 22.0 Å². The highest BCUT2D eigenvalue weighted by Crippen LogP contribution is 2.24. The fourth-order valence-electron chi connectivity index (χ4n) is 3.97. The lowest BCUT2D eigenvalue weighted by molar-refractivity contribution is 0.0948. The van der Waals surface area contributed by atoms with Crippen molar-refractivity contribution in [3.05, 3.63) is 127 Å². The number of pyridine rings is 1. The number of carbonyl (C=O) groups excluding carboxylic acids is 2. The van der Waals surface area contributed by atoms with E-state index in [1.54, 1.807) is 60.7 Å². The van der Waals surface area contributed by atoms with Crippen LogP contribution in [-0.4, -0.2) is 33.1 Å². The van der Waals surface area contributed by atoms with Gasteiger partial charge in [0.2, 0.25) is 0 Å². The molecule has 3 heterocycles. The van der Waals surface area contributed by atoms with Crippen LogP contribution < -0.4 is 20.9 Å². The van der Waals surface area contributed by atoms with Crippen molar-refractivity contribution in [1.82, 2.24) is 20.1 Å². The maximum atomic E-state index is 14.5. The molecule has 5 aromatic rings. The molecule has 2 amide bonds. The number of anilines is 1. The fourth-order valence-corrected chi connectivity index (χ4v) is 5.01. The first-order chi connectivity index (χ1) is 20.3. The van der Waals surface area contributed by atoms with Crippen LogP contribution in [0.15, 0.2) is 93.6 Å². The molecule has 0 spiro atoms. The highest BCUT2D eigenvalue weighted by Gasteiger charge is 2.17. The Balaban J connectivity index is 1.23. The number of aryl methyl sites for hydroxylation is 1. The van der Waals surface area contributed by atoms with Gasteiger partial charge in [-0.05, 0) is 78.9 Å². The number of nitrogens with zero attached hydrogens (tertiary/aromatic N) is 3. The largest absolute Gasteiger partial charge is 0.457 e. The van der Waals surface area contributed by atoms with Crippen molar-refractivity contribution in [1.29, 1.82) is 0 Å². The van der Waals surface area contributed by atoms with Crippen molar-refractivity contribution in [2.75, 3.05) is 11.9 Å². The molecule has 0 unspecified atom stereocenters. The van der Waals surface area contributed by atoms with E-state index in [0.717, 1.165) is 11.1 Å². The van der Waals surface area contributed by atoms with E-state index in [-0.39, 0.29) is 23.0 Å². The van der Waals surface area contributed by atoms with Crippen molar-refractivity contribution in [3.8, 4) is 17.2 Å². The van der Waals surface area contributed by atoms with E-state index in [1.807, 2.05) is 17.5 Å². The molecular weight excluding hydrogens is 625 g/mol. The Kier molecular flexibility index (Phi) is 8.84. The monoisotopic (exact) mass is 647 g/mol. The summed E-state index contributed by atoms with van der Waals surface area (Å²) in [4.78, 5) is 43.3. The predicted octanol–water partition coefficient (Wildman–Crippen LogP) is 5.92. The summed E-state index contributed by atoms with van der Waals surface area (Å²) >= 11 is 4.82. The van der Waals surface area contributed by atoms with Gasteiger partial charge in [-0.15, -0.1) is 11.3 Å². The van der Waals surface area contributed by atoms with Gasteiger partial charge in [0.15, 0.2) is 5.69 Å². The van der Waals surface area contributed by atoms with Crippen molar-refractivity contribution in [3.63, 3.8) is 0 Å². The van der Waals surface area contributed by atoms with Gasteiger partial charge in [-0.3, -0.25) is 19.4 Å². The minimum Gasteiger partial charge on any atom is -0.457 e. The lowest BCUT2D eigenvalue weighted by Gasteiger charge is -2.12. The molecule has 0 fully saturated rings. The molecule has 42 heavy (non-hydrogen) atoms. The summed E-state index contributed by atoms with van der Waals surface area (Å²) in [6.45, 7) is 2.08. The Labute approximate surface area is 252 Å². The van der Waals surface area contributed by atoms with Crippen LogP contribution in [0.3, 0.4) is 0 Å². The lowest BCUT2D eigenvalue weighted by atomic mass is 10.2. The summed E-state index contributed by atoms with van der Waals surface area (Å²) in [5.41, 5.74) is 0.345. The van der Waals surface area contributed by atoms with Crippen molar-refractivity contribution in [2.24, 2.45) is 0 Å². The molecule has 0 atom stereocenters. The second-order valence-corrected chi connectivity index (χ2v) is 11.0. The number of hydrogen-bond acceptors (Lipinski definition) is 7. The molecule has 0 radical (unpaired) electrons. The van der Waals surface area contributed by atoms with Gasteiger partial charge >= 0.3 is 0 Å². The maximum Gasteiger partial charge on any atom is 0.276 e. The van der Waals surface area contributed by atoms with Gasteiger partial charge in [0.1, 0.15) is 28.7 Å². The lowest BCUT2D eigenvalue weighted by Crippen LogP contribution is -2.27. The molecule has 9 nitrogen and oxygen atoms in total. The van der Waals surface area contributed by atoms with Gasteiger partial charge in [-0.25, -0.2) is 4.39 Å². The molecule has 0 saturated carbocycles. The normalized spacial score (nSPS) is 10.7. The van der Waals surface area contributed by atoms with Crippen LogP contribution in [0, 0.1) is 12.7 Å². The minimum absolute atomic E-state index is 0.0322. The third kappa shape index (κ3) is 6.96. The summed E-state index contributed by atoms with van der Waals surface area (Å²) in [5, 5.41) is 11.7. The van der Waals surface area contributed by atoms with E-state index in [0.29, 0.717) is 33.8 Å². The van der Waals surface area contributed by atoms with E-state index in [9.17, 15) is 18.8 Å². The zero-order valence-corrected chi connectivity index (χ0v) is 24.5. The quantitative estimate of drug-likeness (QED) is 0.205. The molecule has 0 bridgehead atoms. The van der Waals surface area contributed by atoms with Crippen molar-refractivity contribution >= 4 is 44.8 Å². The first kappa shape index (κ1) is 28.8. The van der Waals surface area contributed by atoms with Crippen LogP contribution in [0.2, 0.25) is 0 Å². The number of aromatic nitrogens is 3. The molecular formula is C30H23BrFN5O4S. The first-order valence-corrected chi connectivity index (χ1v) is 14.4. The first-order valence-electron chi connectivity index (χ1n) is 12.7. The second kappa shape index (κ2) is 12.9. The van der Waals surface area contributed by atoms with Crippen LogP contribution in [0.5, 0.6) is 11.5 Å². The van der Waals surface area contributed by atoms with E-state index in [1.165, 1.54) is 29.3 Å². The number of halogens is 2. The molecule has 0 aliphatic carbocycles. The fraction of sp³-hybridized carbons (Fsp3) is 0.100. The van der Waals surface area contributed by atoms with Crippen molar-refractivity contribution < 1.29 is 18.7 Å². The standard InChI is InChI=1S/C30H23BrFN5O4S/c1-18-15-27(38)37(26-9-4-19(31)16-24(26)32)36-28(18)30(40)35-20-5-7-21(8-6-20)41-22-10-12-33-25(17-22)29(39)34-13-11-23-3-2-14-42-23/h2-10,12,14-17H,11,13H2,1H3,(H,34,39)(H,35,40). The molecule has 2 aromatic carbocycles. The molecule has 0 saturated heterocycles. The van der Waals surface area contributed by atoms with Crippen molar-refractivity contribution in [2.45, 2.75) is 13.3 Å². The Morgan fingerprint density at radius 1 is 1.02 bits per heavy atom. The second-order valence-electron chi connectivity index (χ2n) is 9.06. The van der Waals surface area contributed by atoms with Gasteiger partial charge in [-0.2, -0.15) is 9.78 Å². The summed E-state index contributed by atoms with van der Waals surface area (Å²) < 4.78 is 21.7. The summed E-state index contributed by atoms with van der Waals surface area (Å²) in [5.74, 6) is -0.644. The van der Waals surface area contributed by atoms with E-state index in [4.69, 9.17) is 4.74 Å². The molecule has 5 rings (SSSR count). The molecule has 0 aliphatic heterocycles. The summed E-state index contributed by atoms with van der Waals surface area (Å²) in [7, 11) is 0. The highest BCUT2D eigenvalue weighted by atomic mass is 79.9. The number of hydrogen-bond donors (Lipinski definition) is 2. The average molecular weight is 649 g/mol. The number of rotatable bonds is 9. The van der Waals surface area contributed by atoms with Crippen LogP contribution in [0.4, 0.5) is 10.1 Å². The number of amides is 2. The Bertz CT molecular complexity index is 1810. The van der Waals surface area contributed by atoms with E-state index >= 15 is 0 Å². The number of thiophene rings is 1. The molecule has 12 heteroatoms. The Morgan fingerprint density at radius 2 is 1.83 bits per heavy atom. The topological polar surface area (TPSA) is 115 Å². The highest BCUT2D eigenvalue weighted by molar-refractivity contribution is 9.10. The average Bonchev–Trinajstić information content (AvgIpc) is 3.48. The van der Waals surface area contributed by atoms with Gasteiger partial charge in [0.25, 0.3) is 17.4 Å². The maximum absolute atomic E-state index is 14.5. The van der Waals surface area contributed by atoms with Gasteiger partial charge < -0.3 is 15.4 Å². The van der Waals surface area contributed by atoms with Gasteiger partial charge in [0, 0.05) is 39.9 Å². The summed E-state index contributed by atoms with van der Waals surface area (Å²) in [6, 6.07) is 19.1. The number of ether oxygens (including phenoxy) is 1. The van der Waals surface area contributed by atoms with Crippen LogP contribution in [0.1, 0.15) is 31.4 Å². The zero-order valence-electron chi connectivity index (χ0n) is 22.1. The molecule has 212 valence electrons. The zero-order chi connectivity index (χ0) is 29.6. The van der Waals surface area contributed by atoms with Crippen LogP contribution >= 0.6 is 27.3 Å². The molecule has 3 aromatic heterocycles. The number of nitrogens with one attached hydrogen (secondary N) is 2. The van der Waals surface area contributed by atoms with E-state index in [2.05, 4.69) is 36.6 Å². The van der Waals surface area contributed by atoms with Crippen LogP contribution in [0.25, 0.3) is 5.69 Å².